The van der Waals surface area contributed by atoms with Crippen molar-refractivity contribution < 1.29 is 14.0 Å². The fourth-order valence-corrected chi connectivity index (χ4v) is 3.22. The number of hydrogen-bond acceptors (Lipinski definition) is 4. The highest BCUT2D eigenvalue weighted by Crippen LogP contribution is 2.22. The second-order valence-electron chi connectivity index (χ2n) is 6.79. The Morgan fingerprint density at radius 2 is 1.87 bits per heavy atom. The van der Waals surface area contributed by atoms with Crippen LogP contribution in [0.2, 0.25) is 0 Å². The van der Waals surface area contributed by atoms with Crippen LogP contribution < -0.4 is 11.1 Å². The third kappa shape index (κ3) is 4.02. The summed E-state index contributed by atoms with van der Waals surface area (Å²) in [5, 5.41) is 2.64. The molecule has 0 bridgehead atoms. The molecule has 2 aromatic heterocycles. The average molecular weight is 403 g/mol. The molecule has 0 aliphatic carbocycles. The zero-order valence-electron chi connectivity index (χ0n) is 15.8. The molecule has 0 aliphatic rings. The van der Waals surface area contributed by atoms with E-state index in [-0.39, 0.29) is 6.42 Å². The van der Waals surface area contributed by atoms with Gasteiger partial charge < -0.3 is 16.0 Å². The Morgan fingerprint density at radius 1 is 1.10 bits per heavy atom. The summed E-state index contributed by atoms with van der Waals surface area (Å²) in [5.41, 5.74) is 8.29. The van der Waals surface area contributed by atoms with Gasteiger partial charge in [0.1, 0.15) is 23.2 Å². The number of aromatic nitrogens is 3. The topological polar surface area (TPSA) is 114 Å². The van der Waals surface area contributed by atoms with E-state index in [2.05, 4.69) is 20.3 Å². The van der Waals surface area contributed by atoms with Gasteiger partial charge in [0.15, 0.2) is 0 Å². The summed E-state index contributed by atoms with van der Waals surface area (Å²) >= 11 is 0. The maximum absolute atomic E-state index is 13.4. The summed E-state index contributed by atoms with van der Waals surface area (Å²) in [7, 11) is 0. The Balaban J connectivity index is 1.61. The van der Waals surface area contributed by atoms with Gasteiger partial charge in [-0.2, -0.15) is 0 Å². The number of carbonyl (C=O) groups is 2. The van der Waals surface area contributed by atoms with E-state index in [1.165, 1.54) is 18.2 Å². The van der Waals surface area contributed by atoms with E-state index in [0.29, 0.717) is 28.0 Å². The number of pyridine rings is 1. The summed E-state index contributed by atoms with van der Waals surface area (Å²) in [5.74, 6) is -1.03. The molecule has 1 atom stereocenters. The van der Waals surface area contributed by atoms with E-state index < -0.39 is 23.7 Å². The van der Waals surface area contributed by atoms with E-state index in [1.54, 1.807) is 42.7 Å². The standard InChI is InChI=1S/C22H18FN5O2/c23-15-4-1-3-13(11-15)12-18(20(24)29)27-22(30)16-5-2-6-17-19(16)28-21(26-17)14-7-9-25-10-8-14/h1-11,18H,12H2,(H2,24,29)(H,26,28)(H,27,30)/t18-/m1/s1. The van der Waals surface area contributed by atoms with Gasteiger partial charge in [-0.05, 0) is 42.0 Å². The lowest BCUT2D eigenvalue weighted by Gasteiger charge is -2.16. The Morgan fingerprint density at radius 3 is 2.60 bits per heavy atom. The van der Waals surface area contributed by atoms with E-state index in [0.717, 1.165) is 5.56 Å². The number of rotatable bonds is 6. The van der Waals surface area contributed by atoms with Crippen LogP contribution in [0, 0.1) is 5.82 Å². The van der Waals surface area contributed by atoms with Crippen molar-refractivity contribution in [2.75, 3.05) is 0 Å². The van der Waals surface area contributed by atoms with Crippen LogP contribution in [0.1, 0.15) is 15.9 Å². The molecule has 0 aliphatic heterocycles. The van der Waals surface area contributed by atoms with Crippen molar-refractivity contribution in [1.29, 1.82) is 0 Å². The lowest BCUT2D eigenvalue weighted by atomic mass is 10.0. The number of H-pyrrole nitrogens is 1. The Kier molecular flexibility index (Phi) is 5.21. The number of nitrogens with zero attached hydrogens (tertiary/aromatic N) is 2. The maximum Gasteiger partial charge on any atom is 0.254 e. The molecule has 0 spiro atoms. The smallest absolute Gasteiger partial charge is 0.254 e. The number of hydrogen-bond donors (Lipinski definition) is 3. The van der Waals surface area contributed by atoms with E-state index in [1.807, 2.05) is 6.07 Å². The maximum atomic E-state index is 13.4. The normalized spacial score (nSPS) is 11.9. The minimum Gasteiger partial charge on any atom is -0.368 e. The highest BCUT2D eigenvalue weighted by Gasteiger charge is 2.22. The molecular weight excluding hydrogens is 385 g/mol. The molecule has 0 saturated carbocycles. The first-order chi connectivity index (χ1) is 14.5. The van der Waals surface area contributed by atoms with Crippen LogP contribution in [0.3, 0.4) is 0 Å². The lowest BCUT2D eigenvalue weighted by molar-refractivity contribution is -0.119. The second kappa shape index (κ2) is 8.12. The van der Waals surface area contributed by atoms with Crippen molar-refractivity contribution >= 4 is 22.8 Å². The minimum absolute atomic E-state index is 0.0810. The first kappa shape index (κ1) is 19.3. The second-order valence-corrected chi connectivity index (χ2v) is 6.79. The fourth-order valence-electron chi connectivity index (χ4n) is 3.22. The predicted molar refractivity (Wildman–Crippen MR) is 110 cm³/mol. The van der Waals surface area contributed by atoms with Gasteiger partial charge in [-0.15, -0.1) is 0 Å². The first-order valence-electron chi connectivity index (χ1n) is 9.25. The first-order valence-corrected chi connectivity index (χ1v) is 9.25. The monoisotopic (exact) mass is 403 g/mol. The van der Waals surface area contributed by atoms with Gasteiger partial charge in [-0.25, -0.2) is 9.37 Å². The molecule has 4 N–H and O–H groups in total. The summed E-state index contributed by atoms with van der Waals surface area (Å²) < 4.78 is 13.4. The van der Waals surface area contributed by atoms with Crippen LogP contribution in [0.15, 0.2) is 67.0 Å². The molecule has 0 radical (unpaired) electrons. The largest absolute Gasteiger partial charge is 0.368 e. The molecule has 4 aromatic rings. The van der Waals surface area contributed by atoms with Gasteiger partial charge in [0.05, 0.1) is 11.1 Å². The molecule has 0 unspecified atom stereocenters. The molecule has 2 heterocycles. The highest BCUT2D eigenvalue weighted by atomic mass is 19.1. The van der Waals surface area contributed by atoms with Crippen LogP contribution in [-0.4, -0.2) is 32.8 Å². The van der Waals surface area contributed by atoms with Crippen molar-refractivity contribution in [3.05, 3.63) is 83.9 Å². The van der Waals surface area contributed by atoms with Crippen LogP contribution in [-0.2, 0) is 11.2 Å². The summed E-state index contributed by atoms with van der Waals surface area (Å²) in [6, 6.07) is 13.6. The molecule has 30 heavy (non-hydrogen) atoms. The molecule has 2 aromatic carbocycles. The summed E-state index contributed by atoms with van der Waals surface area (Å²) in [4.78, 5) is 36.5. The quantitative estimate of drug-likeness (QED) is 0.459. The Labute approximate surface area is 171 Å². The molecule has 8 heteroatoms. The zero-order chi connectivity index (χ0) is 21.1. The molecule has 0 saturated heterocycles. The van der Waals surface area contributed by atoms with Crippen molar-refractivity contribution in [1.82, 2.24) is 20.3 Å². The number of nitrogens with two attached hydrogens (primary N) is 1. The van der Waals surface area contributed by atoms with Crippen molar-refractivity contribution in [2.24, 2.45) is 5.73 Å². The molecular formula is C22H18FN5O2. The SMILES string of the molecule is NC(=O)[C@@H](Cc1cccc(F)c1)NC(=O)c1cccc2[nH]c(-c3ccncc3)nc12. The molecule has 4 rings (SSSR count). The number of amides is 2. The fraction of sp³-hybridized carbons (Fsp3) is 0.0909. The number of primary amides is 1. The number of benzene rings is 2. The van der Waals surface area contributed by atoms with Crippen molar-refractivity contribution in [3.8, 4) is 11.4 Å². The average Bonchev–Trinajstić information content (AvgIpc) is 3.18. The van der Waals surface area contributed by atoms with Crippen LogP contribution in [0.25, 0.3) is 22.4 Å². The van der Waals surface area contributed by atoms with Gasteiger partial charge >= 0.3 is 0 Å². The van der Waals surface area contributed by atoms with E-state index in [9.17, 15) is 14.0 Å². The number of para-hydroxylation sites is 1. The van der Waals surface area contributed by atoms with Gasteiger partial charge in [0.25, 0.3) is 5.91 Å². The highest BCUT2D eigenvalue weighted by molar-refractivity contribution is 6.06. The van der Waals surface area contributed by atoms with E-state index >= 15 is 0 Å². The molecule has 150 valence electrons. The minimum atomic E-state index is -0.992. The van der Waals surface area contributed by atoms with Gasteiger partial charge in [0, 0.05) is 24.4 Å². The van der Waals surface area contributed by atoms with E-state index in [4.69, 9.17) is 5.73 Å². The predicted octanol–water partition coefficient (Wildman–Crippen LogP) is 2.59. The Bertz CT molecular complexity index is 1220. The van der Waals surface area contributed by atoms with Gasteiger partial charge in [0.2, 0.25) is 5.91 Å². The van der Waals surface area contributed by atoms with Crippen LogP contribution in [0.5, 0.6) is 0 Å². The molecule has 2 amide bonds. The summed E-state index contributed by atoms with van der Waals surface area (Å²) in [6.45, 7) is 0. The number of halogens is 1. The van der Waals surface area contributed by atoms with Gasteiger partial charge in [-0.1, -0.05) is 18.2 Å². The van der Waals surface area contributed by atoms with Crippen molar-refractivity contribution in [2.45, 2.75) is 12.5 Å². The lowest BCUT2D eigenvalue weighted by Crippen LogP contribution is -2.45. The molecule has 7 nitrogen and oxygen atoms in total. The van der Waals surface area contributed by atoms with Gasteiger partial charge in [-0.3, -0.25) is 14.6 Å². The molecule has 0 fully saturated rings. The van der Waals surface area contributed by atoms with Crippen LogP contribution >= 0.6 is 0 Å². The number of aromatic amines is 1. The number of carbonyl (C=O) groups excluding carboxylic acids is 2. The van der Waals surface area contributed by atoms with Crippen LogP contribution in [0.4, 0.5) is 4.39 Å². The third-order valence-electron chi connectivity index (χ3n) is 4.69. The summed E-state index contributed by atoms with van der Waals surface area (Å²) in [6.07, 6.45) is 3.39. The Hall–Kier alpha value is -4.07. The third-order valence-corrected chi connectivity index (χ3v) is 4.69. The number of imidazole rings is 1. The number of nitrogens with one attached hydrogen (secondary N) is 2. The number of fused-ring (bicyclic) bond motifs is 1. The van der Waals surface area contributed by atoms with Crippen molar-refractivity contribution in [3.63, 3.8) is 0 Å². The zero-order valence-corrected chi connectivity index (χ0v) is 15.8.